The second kappa shape index (κ2) is 8.59. The predicted octanol–water partition coefficient (Wildman–Crippen LogP) is 2.97. The summed E-state index contributed by atoms with van der Waals surface area (Å²) < 4.78 is 5.41. The average Bonchev–Trinajstić information content (AvgIpc) is 2.41. The highest BCUT2D eigenvalue weighted by atomic mass is 16.5. The lowest BCUT2D eigenvalue weighted by Gasteiger charge is -2.13. The van der Waals surface area contributed by atoms with Crippen LogP contribution < -0.4 is 10.6 Å². The molecule has 4 nitrogen and oxygen atoms in total. The van der Waals surface area contributed by atoms with Gasteiger partial charge in [-0.1, -0.05) is 13.0 Å². The smallest absolute Gasteiger partial charge is 0.253 e. The minimum atomic E-state index is -0.0593. The van der Waals surface area contributed by atoms with Gasteiger partial charge in [0.1, 0.15) is 0 Å². The summed E-state index contributed by atoms with van der Waals surface area (Å²) in [6.45, 7) is 10.0. The van der Waals surface area contributed by atoms with Crippen LogP contribution in [-0.2, 0) is 4.74 Å². The van der Waals surface area contributed by atoms with Crippen LogP contribution in [0.25, 0.3) is 0 Å². The fourth-order valence-electron chi connectivity index (χ4n) is 1.82. The molecule has 112 valence electrons. The Morgan fingerprint density at radius 1 is 1.30 bits per heavy atom. The van der Waals surface area contributed by atoms with E-state index in [1.165, 1.54) is 0 Å². The van der Waals surface area contributed by atoms with Crippen LogP contribution in [0.2, 0.25) is 0 Å². The minimum Gasteiger partial charge on any atom is -0.384 e. The second-order valence-electron chi connectivity index (χ2n) is 5.15. The van der Waals surface area contributed by atoms with Crippen molar-refractivity contribution in [2.75, 3.05) is 25.0 Å². The summed E-state index contributed by atoms with van der Waals surface area (Å²) in [7, 11) is 0. The van der Waals surface area contributed by atoms with E-state index in [0.29, 0.717) is 18.7 Å². The Labute approximate surface area is 121 Å². The lowest BCUT2D eigenvalue weighted by molar-refractivity contribution is 0.0747. The van der Waals surface area contributed by atoms with Gasteiger partial charge in [0, 0.05) is 18.8 Å². The third-order valence-corrected chi connectivity index (χ3v) is 2.82. The van der Waals surface area contributed by atoms with E-state index in [-0.39, 0.29) is 12.0 Å². The van der Waals surface area contributed by atoms with E-state index >= 15 is 0 Å². The zero-order chi connectivity index (χ0) is 15.0. The van der Waals surface area contributed by atoms with E-state index in [4.69, 9.17) is 4.74 Å². The molecule has 0 saturated heterocycles. The molecule has 0 aromatic heterocycles. The molecule has 20 heavy (non-hydrogen) atoms. The van der Waals surface area contributed by atoms with Crippen LogP contribution in [-0.4, -0.2) is 31.7 Å². The van der Waals surface area contributed by atoms with Crippen molar-refractivity contribution in [3.63, 3.8) is 0 Å². The van der Waals surface area contributed by atoms with Gasteiger partial charge in [-0.3, -0.25) is 4.79 Å². The lowest BCUT2D eigenvalue weighted by Crippen LogP contribution is -2.28. The number of ether oxygens (including phenoxy) is 1. The van der Waals surface area contributed by atoms with E-state index in [1.807, 2.05) is 39.0 Å². The van der Waals surface area contributed by atoms with Gasteiger partial charge >= 0.3 is 0 Å². The maximum absolute atomic E-state index is 12.2. The van der Waals surface area contributed by atoms with Gasteiger partial charge in [0.25, 0.3) is 5.91 Å². The third kappa shape index (κ3) is 5.61. The molecule has 0 bridgehead atoms. The Kier molecular flexibility index (Phi) is 7.09. The van der Waals surface area contributed by atoms with Crippen molar-refractivity contribution in [3.05, 3.63) is 29.3 Å². The number of carbonyl (C=O) groups is 1. The van der Waals surface area contributed by atoms with Crippen molar-refractivity contribution in [2.45, 2.75) is 40.2 Å². The molecule has 1 rings (SSSR count). The van der Waals surface area contributed by atoms with Crippen molar-refractivity contribution in [1.29, 1.82) is 0 Å². The Hall–Kier alpha value is -1.55. The van der Waals surface area contributed by atoms with Gasteiger partial charge in [-0.25, -0.2) is 0 Å². The summed E-state index contributed by atoms with van der Waals surface area (Å²) in [5.74, 6) is -0.0593. The summed E-state index contributed by atoms with van der Waals surface area (Å²) in [6, 6.07) is 5.83. The molecule has 1 amide bonds. The van der Waals surface area contributed by atoms with Crippen LogP contribution in [0.4, 0.5) is 5.69 Å². The first-order valence-electron chi connectivity index (χ1n) is 7.29. The largest absolute Gasteiger partial charge is 0.384 e. The Bertz CT molecular complexity index is 430. The van der Waals surface area contributed by atoms with Crippen LogP contribution in [0.3, 0.4) is 0 Å². The topological polar surface area (TPSA) is 50.4 Å². The molecule has 2 N–H and O–H groups in total. The fourth-order valence-corrected chi connectivity index (χ4v) is 1.82. The third-order valence-electron chi connectivity index (χ3n) is 2.82. The van der Waals surface area contributed by atoms with Crippen LogP contribution in [0, 0.1) is 6.92 Å². The van der Waals surface area contributed by atoms with Gasteiger partial charge in [-0.05, 0) is 44.9 Å². The van der Waals surface area contributed by atoms with Gasteiger partial charge in [0.2, 0.25) is 0 Å². The van der Waals surface area contributed by atoms with Crippen molar-refractivity contribution < 1.29 is 9.53 Å². The molecule has 0 radical (unpaired) electrons. The molecule has 0 aliphatic carbocycles. The molecule has 0 spiro atoms. The molecule has 4 heteroatoms. The van der Waals surface area contributed by atoms with Crippen molar-refractivity contribution in [2.24, 2.45) is 0 Å². The summed E-state index contributed by atoms with van der Waals surface area (Å²) >= 11 is 0. The highest BCUT2D eigenvalue weighted by Crippen LogP contribution is 2.17. The van der Waals surface area contributed by atoms with Gasteiger partial charge < -0.3 is 15.4 Å². The van der Waals surface area contributed by atoms with Crippen molar-refractivity contribution in [3.8, 4) is 0 Å². The van der Waals surface area contributed by atoms with Crippen molar-refractivity contribution >= 4 is 11.6 Å². The van der Waals surface area contributed by atoms with E-state index in [0.717, 1.165) is 24.2 Å². The van der Waals surface area contributed by atoms with Gasteiger partial charge in [-0.15, -0.1) is 0 Å². The Morgan fingerprint density at radius 2 is 2.05 bits per heavy atom. The lowest BCUT2D eigenvalue weighted by atomic mass is 10.1. The second-order valence-corrected chi connectivity index (χ2v) is 5.15. The molecule has 0 atom stereocenters. The Balaban J connectivity index is 2.61. The molecular formula is C16H26N2O2. The fraction of sp³-hybridized carbons (Fsp3) is 0.562. The van der Waals surface area contributed by atoms with Gasteiger partial charge in [0.15, 0.2) is 0 Å². The number of carbonyl (C=O) groups excluding carboxylic acids is 1. The summed E-state index contributed by atoms with van der Waals surface area (Å²) in [5, 5.41) is 6.19. The quantitative estimate of drug-likeness (QED) is 0.719. The number of anilines is 1. The monoisotopic (exact) mass is 278 g/mol. The van der Waals surface area contributed by atoms with Gasteiger partial charge in [-0.2, -0.15) is 0 Å². The first-order valence-corrected chi connectivity index (χ1v) is 7.29. The number of hydrogen-bond acceptors (Lipinski definition) is 3. The summed E-state index contributed by atoms with van der Waals surface area (Å²) in [4.78, 5) is 12.2. The average molecular weight is 278 g/mol. The first kappa shape index (κ1) is 16.5. The molecule has 0 aliphatic heterocycles. The number of benzene rings is 1. The van der Waals surface area contributed by atoms with Crippen LogP contribution in [0.1, 0.15) is 43.1 Å². The molecule has 0 aliphatic rings. The van der Waals surface area contributed by atoms with Gasteiger partial charge in [0.05, 0.1) is 18.3 Å². The van der Waals surface area contributed by atoms with Crippen molar-refractivity contribution in [1.82, 2.24) is 5.32 Å². The highest BCUT2D eigenvalue weighted by Gasteiger charge is 2.10. The highest BCUT2D eigenvalue weighted by molar-refractivity contribution is 5.99. The zero-order valence-electron chi connectivity index (χ0n) is 13.0. The van der Waals surface area contributed by atoms with E-state index < -0.39 is 0 Å². The first-order chi connectivity index (χ1) is 9.54. The minimum absolute atomic E-state index is 0.0593. The summed E-state index contributed by atoms with van der Waals surface area (Å²) in [6.07, 6.45) is 1.21. The number of amides is 1. The number of hydrogen-bond donors (Lipinski definition) is 2. The number of nitrogens with one attached hydrogen (secondary N) is 2. The Morgan fingerprint density at radius 3 is 2.70 bits per heavy atom. The standard InChI is InChI=1S/C16H26N2O2/c1-5-8-17-15-11-13(4)6-7-14(15)16(19)18-9-10-20-12(2)3/h6-7,11-12,17H,5,8-10H2,1-4H3,(H,18,19). The van der Waals surface area contributed by atoms with E-state index in [9.17, 15) is 4.79 Å². The predicted molar refractivity (Wildman–Crippen MR) is 83.4 cm³/mol. The van der Waals surface area contributed by atoms with Crippen LogP contribution >= 0.6 is 0 Å². The summed E-state index contributed by atoms with van der Waals surface area (Å²) in [5.41, 5.74) is 2.73. The number of aryl methyl sites for hydroxylation is 1. The molecule has 0 saturated carbocycles. The van der Waals surface area contributed by atoms with Crippen LogP contribution in [0.5, 0.6) is 0 Å². The maximum Gasteiger partial charge on any atom is 0.253 e. The molecular weight excluding hydrogens is 252 g/mol. The molecule has 0 fully saturated rings. The number of rotatable bonds is 8. The maximum atomic E-state index is 12.2. The molecule has 0 unspecified atom stereocenters. The molecule has 1 aromatic carbocycles. The van der Waals surface area contributed by atoms with E-state index in [2.05, 4.69) is 17.6 Å². The van der Waals surface area contributed by atoms with E-state index in [1.54, 1.807) is 0 Å². The molecule has 0 heterocycles. The normalized spacial score (nSPS) is 10.7. The van der Waals surface area contributed by atoms with Crippen LogP contribution in [0.15, 0.2) is 18.2 Å². The molecule has 1 aromatic rings. The zero-order valence-corrected chi connectivity index (χ0v) is 13.0. The SMILES string of the molecule is CCCNc1cc(C)ccc1C(=O)NCCOC(C)C.